The molecule has 0 aliphatic carbocycles. The van der Waals surface area contributed by atoms with Gasteiger partial charge in [0.25, 0.3) is 0 Å². The van der Waals surface area contributed by atoms with E-state index in [1.165, 1.54) is 24.3 Å². The Morgan fingerprint density at radius 1 is 1.21 bits per heavy atom. The summed E-state index contributed by atoms with van der Waals surface area (Å²) in [7, 11) is 0. The lowest BCUT2D eigenvalue weighted by atomic mass is 9.98. The summed E-state index contributed by atoms with van der Waals surface area (Å²) >= 11 is 0. The van der Waals surface area contributed by atoms with Crippen molar-refractivity contribution < 1.29 is 41.7 Å². The Bertz CT molecular complexity index is 804. The molecule has 1 amide bonds. The second-order valence-electron chi connectivity index (χ2n) is 5.67. The van der Waals surface area contributed by atoms with E-state index in [-0.39, 0.29) is 17.7 Å². The molecule has 0 aliphatic heterocycles. The number of rotatable bonds is 8. The Hall–Kier alpha value is -2.95. The van der Waals surface area contributed by atoms with Crippen LogP contribution < -0.4 is 15.2 Å². The second-order valence-corrected chi connectivity index (χ2v) is 5.67. The van der Waals surface area contributed by atoms with Crippen LogP contribution in [0.1, 0.15) is 17.4 Å². The number of halogens is 5. The monoisotopic (exact) mass is 405 g/mol. The molecule has 2 N–H and O–H groups in total. The number of benzene rings is 1. The standard InChI is InChI=1S/C17H15F5N2O4/c18-10-6-4-9(5-7-10)14(25)12(24-16(26)27)8-11-2-1-3-13(23-11)28-17(21,22)15(19)20/h1-7,12,14-15,24-25H,8H2,(H,26,27)/p-1. The molecule has 0 saturated carbocycles. The van der Waals surface area contributed by atoms with Crippen LogP contribution in [0.15, 0.2) is 42.5 Å². The largest absolute Gasteiger partial charge is 0.530 e. The molecule has 1 aromatic heterocycles. The van der Waals surface area contributed by atoms with Gasteiger partial charge in [-0.3, -0.25) is 0 Å². The molecule has 1 heterocycles. The summed E-state index contributed by atoms with van der Waals surface area (Å²) in [5.74, 6) is -1.39. The van der Waals surface area contributed by atoms with Crippen LogP contribution in [0.3, 0.4) is 0 Å². The first kappa shape index (κ1) is 21.4. The number of ether oxygens (including phenoxy) is 1. The van der Waals surface area contributed by atoms with Crippen molar-refractivity contribution in [3.8, 4) is 5.88 Å². The number of aromatic nitrogens is 1. The van der Waals surface area contributed by atoms with Crippen molar-refractivity contribution in [3.05, 3.63) is 59.5 Å². The third-order valence-electron chi connectivity index (χ3n) is 3.60. The maximum absolute atomic E-state index is 13.0. The van der Waals surface area contributed by atoms with E-state index in [0.717, 1.165) is 18.2 Å². The van der Waals surface area contributed by atoms with Gasteiger partial charge in [0.05, 0.1) is 12.1 Å². The number of aliphatic hydroxyl groups is 1. The van der Waals surface area contributed by atoms with Crippen molar-refractivity contribution in [3.63, 3.8) is 0 Å². The van der Waals surface area contributed by atoms with E-state index in [1.54, 1.807) is 0 Å². The van der Waals surface area contributed by atoms with Gasteiger partial charge in [-0.1, -0.05) is 18.2 Å². The molecular weight excluding hydrogens is 391 g/mol. The molecule has 0 radical (unpaired) electrons. The molecule has 0 bridgehead atoms. The van der Waals surface area contributed by atoms with E-state index in [0.29, 0.717) is 0 Å². The van der Waals surface area contributed by atoms with Crippen LogP contribution in [0, 0.1) is 5.82 Å². The number of pyridine rings is 1. The molecule has 0 saturated heterocycles. The van der Waals surface area contributed by atoms with Crippen LogP contribution in [-0.4, -0.2) is 34.8 Å². The summed E-state index contributed by atoms with van der Waals surface area (Å²) < 4.78 is 67.3. The second kappa shape index (κ2) is 8.83. The van der Waals surface area contributed by atoms with E-state index < -0.39 is 42.5 Å². The lowest BCUT2D eigenvalue weighted by molar-refractivity contribution is -0.254. The van der Waals surface area contributed by atoms with E-state index in [1.807, 2.05) is 5.32 Å². The maximum Gasteiger partial charge on any atom is 0.462 e. The minimum atomic E-state index is -4.76. The van der Waals surface area contributed by atoms with Crippen LogP contribution in [0.5, 0.6) is 5.88 Å². The van der Waals surface area contributed by atoms with Crippen molar-refractivity contribution in [1.82, 2.24) is 10.3 Å². The van der Waals surface area contributed by atoms with Gasteiger partial charge in [0.15, 0.2) is 0 Å². The first-order valence-corrected chi connectivity index (χ1v) is 7.80. The van der Waals surface area contributed by atoms with E-state index in [9.17, 15) is 37.0 Å². The lowest BCUT2D eigenvalue weighted by Gasteiger charge is -2.26. The summed E-state index contributed by atoms with van der Waals surface area (Å²) in [6, 6.07) is 6.67. The molecule has 28 heavy (non-hydrogen) atoms. The molecule has 2 rings (SSSR count). The molecule has 2 unspecified atom stereocenters. The van der Waals surface area contributed by atoms with Crippen molar-refractivity contribution in [2.24, 2.45) is 0 Å². The molecule has 1 aromatic carbocycles. The highest BCUT2D eigenvalue weighted by Gasteiger charge is 2.44. The quantitative estimate of drug-likeness (QED) is 0.656. The minimum Gasteiger partial charge on any atom is -0.530 e. The van der Waals surface area contributed by atoms with Crippen molar-refractivity contribution >= 4 is 6.09 Å². The van der Waals surface area contributed by atoms with Crippen LogP contribution in [-0.2, 0) is 6.42 Å². The number of aliphatic hydroxyl groups excluding tert-OH is 1. The van der Waals surface area contributed by atoms with Gasteiger partial charge in [-0.2, -0.15) is 17.6 Å². The van der Waals surface area contributed by atoms with E-state index in [4.69, 9.17) is 0 Å². The number of hydrogen-bond acceptors (Lipinski definition) is 5. The third kappa shape index (κ3) is 5.78. The van der Waals surface area contributed by atoms with Gasteiger partial charge in [-0.05, 0) is 23.8 Å². The zero-order chi connectivity index (χ0) is 20.9. The molecule has 0 spiro atoms. The lowest BCUT2D eigenvalue weighted by Crippen LogP contribution is -2.47. The molecule has 152 valence electrons. The number of hydrogen-bond donors (Lipinski definition) is 2. The Morgan fingerprint density at radius 2 is 1.86 bits per heavy atom. The fourth-order valence-corrected chi connectivity index (χ4v) is 2.32. The van der Waals surface area contributed by atoms with Gasteiger partial charge >= 0.3 is 12.5 Å². The van der Waals surface area contributed by atoms with Gasteiger partial charge in [-0.15, -0.1) is 0 Å². The number of nitrogens with one attached hydrogen (secondary N) is 1. The summed E-state index contributed by atoms with van der Waals surface area (Å²) in [5.41, 5.74) is 0.124. The molecule has 0 fully saturated rings. The average molecular weight is 405 g/mol. The number of nitrogens with zero attached hydrogens (tertiary/aromatic N) is 1. The predicted octanol–water partition coefficient (Wildman–Crippen LogP) is 2.04. The van der Waals surface area contributed by atoms with Crippen molar-refractivity contribution in [2.45, 2.75) is 31.1 Å². The number of alkyl halides is 4. The van der Waals surface area contributed by atoms with Crippen LogP contribution in [0.2, 0.25) is 0 Å². The zero-order valence-electron chi connectivity index (χ0n) is 14.0. The van der Waals surface area contributed by atoms with Crippen LogP contribution in [0.25, 0.3) is 0 Å². The van der Waals surface area contributed by atoms with Crippen LogP contribution in [0.4, 0.5) is 26.7 Å². The molecule has 2 aromatic rings. The Labute approximate surface area is 155 Å². The summed E-state index contributed by atoms with van der Waals surface area (Å²) in [6.07, 6.45) is -12.4. The normalized spacial score (nSPS) is 13.8. The molecule has 0 aliphatic rings. The number of carboxylic acid groups (broad SMARTS) is 1. The molecule has 2 atom stereocenters. The van der Waals surface area contributed by atoms with Crippen molar-refractivity contribution in [2.75, 3.05) is 0 Å². The summed E-state index contributed by atoms with van der Waals surface area (Å²) in [5, 5.41) is 23.2. The Kier molecular flexibility index (Phi) is 6.73. The zero-order valence-corrected chi connectivity index (χ0v) is 14.0. The minimum absolute atomic E-state index is 0.0394. The number of carbonyl (C=O) groups is 1. The van der Waals surface area contributed by atoms with Gasteiger partial charge in [0.2, 0.25) is 5.88 Å². The van der Waals surface area contributed by atoms with Crippen molar-refractivity contribution in [1.29, 1.82) is 0 Å². The third-order valence-corrected chi connectivity index (χ3v) is 3.60. The maximum atomic E-state index is 13.0. The number of amides is 1. The molecule has 6 nitrogen and oxygen atoms in total. The fraction of sp³-hybridized carbons (Fsp3) is 0.294. The summed E-state index contributed by atoms with van der Waals surface area (Å²) in [6.45, 7) is 0. The van der Waals surface area contributed by atoms with Crippen LogP contribution >= 0.6 is 0 Å². The fourth-order valence-electron chi connectivity index (χ4n) is 2.32. The topological polar surface area (TPSA) is 94.5 Å². The van der Waals surface area contributed by atoms with E-state index in [2.05, 4.69) is 9.72 Å². The highest BCUT2D eigenvalue weighted by molar-refractivity contribution is 5.62. The molecule has 11 heteroatoms. The predicted molar refractivity (Wildman–Crippen MR) is 83.2 cm³/mol. The highest BCUT2D eigenvalue weighted by Crippen LogP contribution is 2.27. The Morgan fingerprint density at radius 3 is 2.43 bits per heavy atom. The Balaban J connectivity index is 2.21. The van der Waals surface area contributed by atoms with Gasteiger partial charge in [0.1, 0.15) is 11.9 Å². The first-order chi connectivity index (χ1) is 13.1. The number of carbonyl (C=O) groups excluding carboxylic acids is 1. The highest BCUT2D eigenvalue weighted by atomic mass is 19.3. The SMILES string of the molecule is O=C([O-])NC(Cc1cccc(OC(F)(F)C(F)F)n1)C(O)c1ccc(F)cc1. The average Bonchev–Trinajstić information content (AvgIpc) is 2.60. The van der Waals surface area contributed by atoms with Gasteiger partial charge in [-0.25, -0.2) is 9.37 Å². The first-order valence-electron chi connectivity index (χ1n) is 7.80. The smallest absolute Gasteiger partial charge is 0.462 e. The summed E-state index contributed by atoms with van der Waals surface area (Å²) in [4.78, 5) is 14.5. The molecular formula is C17H14F5N2O4-. The van der Waals surface area contributed by atoms with Gasteiger partial charge < -0.3 is 25.1 Å². The van der Waals surface area contributed by atoms with E-state index >= 15 is 0 Å². The van der Waals surface area contributed by atoms with Gasteiger partial charge in [0, 0.05) is 18.2 Å².